The molecule has 4 aliphatic carbocycles. The van der Waals surface area contributed by atoms with E-state index in [1.54, 1.807) is 11.1 Å². The van der Waals surface area contributed by atoms with Gasteiger partial charge in [0.2, 0.25) is 0 Å². The Kier molecular flexibility index (Phi) is 4.92. The summed E-state index contributed by atoms with van der Waals surface area (Å²) in [5, 5.41) is 0. The zero-order valence-electron chi connectivity index (χ0n) is 11.8. The van der Waals surface area contributed by atoms with Crippen molar-refractivity contribution in [2.75, 3.05) is 0 Å². The molecular weight excluding hydrogens is 267 g/mol. The minimum absolute atomic E-state index is 0. The van der Waals surface area contributed by atoms with Crippen LogP contribution >= 0.6 is 0 Å². The van der Waals surface area contributed by atoms with Gasteiger partial charge in [-0.25, -0.2) is 0 Å². The van der Waals surface area contributed by atoms with E-state index in [4.69, 9.17) is 0 Å². The second kappa shape index (κ2) is 6.52. The van der Waals surface area contributed by atoms with Crippen LogP contribution in [0.5, 0.6) is 0 Å². The quantitative estimate of drug-likeness (QED) is 0.676. The molecule has 4 aliphatic rings. The molecule has 4 rings (SSSR count). The fourth-order valence-corrected chi connectivity index (χ4v) is 7.18. The van der Waals surface area contributed by atoms with Crippen LogP contribution in [-0.4, -0.2) is 39.1 Å². The van der Waals surface area contributed by atoms with Gasteiger partial charge < -0.3 is 0 Å². The Bertz CT molecular complexity index is 464. The summed E-state index contributed by atoms with van der Waals surface area (Å²) in [5.74, 6) is 0. The number of allylic oxidation sites excluding steroid dienone is 8. The van der Waals surface area contributed by atoms with Crippen LogP contribution in [0.15, 0.2) is 46.6 Å². The van der Waals surface area contributed by atoms with Gasteiger partial charge in [-0.15, -0.1) is 0 Å². The molecule has 0 saturated carbocycles. The Morgan fingerprint density at radius 2 is 1.15 bits per heavy atom. The van der Waals surface area contributed by atoms with Crippen LogP contribution in [0, 0.1) is 0 Å². The van der Waals surface area contributed by atoms with E-state index < -0.39 is 0 Å². The van der Waals surface area contributed by atoms with E-state index in [1.165, 1.54) is 51.4 Å². The number of rotatable bonds is 2. The van der Waals surface area contributed by atoms with Gasteiger partial charge in [0.1, 0.15) is 0 Å². The Balaban J connectivity index is 0.00000121. The van der Waals surface area contributed by atoms with Crippen LogP contribution in [0.2, 0.25) is 11.1 Å². The molecule has 0 fully saturated rings. The van der Waals surface area contributed by atoms with E-state index in [2.05, 4.69) is 24.3 Å². The van der Waals surface area contributed by atoms with Crippen molar-refractivity contribution in [2.45, 2.75) is 62.4 Å². The predicted octanol–water partition coefficient (Wildman–Crippen LogP) is 3.96. The Morgan fingerprint density at radius 1 is 0.700 bits per heavy atom. The normalized spacial score (nSPS) is 32.0. The molecule has 0 aliphatic heterocycles. The van der Waals surface area contributed by atoms with Crippen molar-refractivity contribution in [3.8, 4) is 0 Å². The molecule has 2 atom stereocenters. The van der Waals surface area contributed by atoms with Gasteiger partial charge in [0, 0.05) is 9.52 Å². The predicted molar refractivity (Wildman–Crippen MR) is 92.5 cm³/mol. The molecule has 0 aromatic rings. The Labute approximate surface area is 147 Å². The average molecular weight is 292 g/mol. The number of hydrogen-bond donors (Lipinski definition) is 0. The van der Waals surface area contributed by atoms with E-state index in [-0.39, 0.29) is 39.1 Å². The molecule has 0 radical (unpaired) electrons. The standard InChI is InChI=1S/C18H24Si.Na.H/c1-3-7-15-13(5-1)9-11-17(15)19-18-12-10-14-6-2-4-8-16(14)18;;/h9-12,17-18H,1-8,19H2;;. The van der Waals surface area contributed by atoms with Crippen LogP contribution in [0.3, 0.4) is 0 Å². The van der Waals surface area contributed by atoms with E-state index in [0.717, 1.165) is 11.1 Å². The summed E-state index contributed by atoms with van der Waals surface area (Å²) in [6.07, 6.45) is 21.4. The third-order valence-electron chi connectivity index (χ3n) is 5.57. The third kappa shape index (κ3) is 2.75. The topological polar surface area (TPSA) is 0 Å². The first-order valence-electron chi connectivity index (χ1n) is 8.22. The maximum atomic E-state index is 2.57. The SMILES string of the molecule is C1=CC([SiH2]C2C=CC3=C2CCCC3)C2=C1CCCC2.[NaH]. The zero-order valence-corrected chi connectivity index (χ0v) is 13.2. The van der Waals surface area contributed by atoms with Crippen LogP contribution in [0.1, 0.15) is 51.4 Å². The molecule has 2 unspecified atom stereocenters. The first-order valence-corrected chi connectivity index (χ1v) is 9.85. The average Bonchev–Trinajstić information content (AvgIpc) is 3.05. The van der Waals surface area contributed by atoms with Gasteiger partial charge in [0.25, 0.3) is 0 Å². The van der Waals surface area contributed by atoms with Gasteiger partial charge in [0.05, 0.1) is 0 Å². The summed E-state index contributed by atoms with van der Waals surface area (Å²) >= 11 is 0. The molecule has 0 aromatic carbocycles. The van der Waals surface area contributed by atoms with Crippen molar-refractivity contribution >= 4 is 39.1 Å². The third-order valence-corrected chi connectivity index (χ3v) is 8.12. The van der Waals surface area contributed by atoms with E-state index in [9.17, 15) is 0 Å². The second-order valence-corrected chi connectivity index (χ2v) is 8.91. The molecule has 0 amide bonds. The summed E-state index contributed by atoms with van der Waals surface area (Å²) < 4.78 is 0. The van der Waals surface area contributed by atoms with Crippen molar-refractivity contribution in [2.24, 2.45) is 0 Å². The minimum atomic E-state index is -0.0565. The van der Waals surface area contributed by atoms with Gasteiger partial charge in [-0.1, -0.05) is 35.5 Å². The fraction of sp³-hybridized carbons (Fsp3) is 0.556. The Hall–Kier alpha value is 0.177. The summed E-state index contributed by atoms with van der Waals surface area (Å²) in [7, 11) is -0.0565. The molecule has 0 spiro atoms. The van der Waals surface area contributed by atoms with E-state index >= 15 is 0 Å². The van der Waals surface area contributed by atoms with Crippen LogP contribution < -0.4 is 0 Å². The summed E-state index contributed by atoms with van der Waals surface area (Å²) in [6.45, 7) is 0. The first kappa shape index (κ1) is 15.1. The molecule has 0 aromatic heterocycles. The summed E-state index contributed by atoms with van der Waals surface area (Å²) in [6, 6.07) is 0. The molecule has 0 N–H and O–H groups in total. The van der Waals surface area contributed by atoms with Crippen molar-refractivity contribution in [3.63, 3.8) is 0 Å². The molecule has 0 nitrogen and oxygen atoms in total. The van der Waals surface area contributed by atoms with Gasteiger partial charge in [0.15, 0.2) is 0 Å². The van der Waals surface area contributed by atoms with E-state index in [1.807, 2.05) is 11.1 Å². The van der Waals surface area contributed by atoms with Crippen LogP contribution in [0.4, 0.5) is 0 Å². The summed E-state index contributed by atoms with van der Waals surface area (Å²) in [5.41, 5.74) is 8.97. The first-order chi connectivity index (χ1) is 9.42. The summed E-state index contributed by atoms with van der Waals surface area (Å²) in [4.78, 5) is 0. The van der Waals surface area contributed by atoms with E-state index in [0.29, 0.717) is 0 Å². The van der Waals surface area contributed by atoms with Crippen molar-refractivity contribution in [1.82, 2.24) is 0 Å². The number of hydrogen-bond acceptors (Lipinski definition) is 0. The molecule has 0 saturated heterocycles. The van der Waals surface area contributed by atoms with Gasteiger partial charge in [-0.05, 0) is 73.6 Å². The van der Waals surface area contributed by atoms with Gasteiger partial charge in [-0.2, -0.15) is 0 Å². The molecule has 0 bridgehead atoms. The van der Waals surface area contributed by atoms with Crippen molar-refractivity contribution in [3.05, 3.63) is 46.6 Å². The zero-order chi connectivity index (χ0) is 12.7. The molecule has 102 valence electrons. The van der Waals surface area contributed by atoms with Gasteiger partial charge >= 0.3 is 29.6 Å². The Morgan fingerprint density at radius 3 is 1.65 bits per heavy atom. The molecule has 0 heterocycles. The van der Waals surface area contributed by atoms with Crippen molar-refractivity contribution in [1.29, 1.82) is 0 Å². The molecular formula is C18H25NaSi. The maximum absolute atomic E-state index is 2.57. The molecule has 2 heteroatoms. The van der Waals surface area contributed by atoms with Gasteiger partial charge in [-0.3, -0.25) is 0 Å². The molecule has 20 heavy (non-hydrogen) atoms. The second-order valence-electron chi connectivity index (χ2n) is 6.68. The van der Waals surface area contributed by atoms with Crippen LogP contribution in [-0.2, 0) is 0 Å². The monoisotopic (exact) mass is 292 g/mol. The fourth-order valence-electron chi connectivity index (χ4n) is 4.54. The van der Waals surface area contributed by atoms with Crippen molar-refractivity contribution < 1.29 is 0 Å². The van der Waals surface area contributed by atoms with Crippen LogP contribution in [0.25, 0.3) is 0 Å².